The summed E-state index contributed by atoms with van der Waals surface area (Å²) in [4.78, 5) is 12.0. The molecule has 0 unspecified atom stereocenters. The quantitative estimate of drug-likeness (QED) is 0.642. The SMILES string of the molecule is CNc1nnc(S[C@H](C)C(=O)Nc2ccc(F)c(F)c2F)s1. The molecular weight excluding hydrogens is 337 g/mol. The second-order valence-electron chi connectivity index (χ2n) is 4.10. The topological polar surface area (TPSA) is 66.9 Å². The van der Waals surface area contributed by atoms with Crippen molar-refractivity contribution in [1.82, 2.24) is 10.2 Å². The van der Waals surface area contributed by atoms with Crippen LogP contribution in [0.4, 0.5) is 24.0 Å². The van der Waals surface area contributed by atoms with Gasteiger partial charge in [-0.2, -0.15) is 0 Å². The lowest BCUT2D eigenvalue weighted by Crippen LogP contribution is -2.23. The Hall–Kier alpha value is -1.81. The number of anilines is 2. The van der Waals surface area contributed by atoms with Crippen molar-refractivity contribution >= 4 is 39.8 Å². The first-order valence-electron chi connectivity index (χ1n) is 6.04. The smallest absolute Gasteiger partial charge is 0.237 e. The highest BCUT2D eigenvalue weighted by atomic mass is 32.2. The van der Waals surface area contributed by atoms with Gasteiger partial charge in [-0.15, -0.1) is 10.2 Å². The first-order chi connectivity index (χ1) is 10.4. The van der Waals surface area contributed by atoms with E-state index >= 15 is 0 Å². The minimum atomic E-state index is -1.62. The molecular formula is C12H11F3N4OS2. The van der Waals surface area contributed by atoms with Gasteiger partial charge in [0.2, 0.25) is 11.0 Å². The van der Waals surface area contributed by atoms with Crippen LogP contribution in [0.1, 0.15) is 6.92 Å². The van der Waals surface area contributed by atoms with Gasteiger partial charge >= 0.3 is 0 Å². The molecule has 2 rings (SSSR count). The molecule has 0 fully saturated rings. The molecule has 0 radical (unpaired) electrons. The van der Waals surface area contributed by atoms with Gasteiger partial charge in [0.1, 0.15) is 0 Å². The zero-order chi connectivity index (χ0) is 16.3. The van der Waals surface area contributed by atoms with E-state index in [1.165, 1.54) is 11.3 Å². The van der Waals surface area contributed by atoms with Crippen molar-refractivity contribution in [3.8, 4) is 0 Å². The van der Waals surface area contributed by atoms with E-state index in [2.05, 4.69) is 20.8 Å². The van der Waals surface area contributed by atoms with Crippen LogP contribution in [0.15, 0.2) is 16.5 Å². The monoisotopic (exact) mass is 348 g/mol. The minimum absolute atomic E-state index is 0.412. The van der Waals surface area contributed by atoms with E-state index in [0.29, 0.717) is 9.47 Å². The van der Waals surface area contributed by atoms with Crippen LogP contribution in [0.3, 0.4) is 0 Å². The van der Waals surface area contributed by atoms with Crippen molar-refractivity contribution in [1.29, 1.82) is 0 Å². The maximum atomic E-state index is 13.5. The Morgan fingerprint density at radius 1 is 1.27 bits per heavy atom. The average molecular weight is 348 g/mol. The summed E-state index contributed by atoms with van der Waals surface area (Å²) < 4.78 is 40.0. The van der Waals surface area contributed by atoms with Crippen LogP contribution in [-0.2, 0) is 4.79 Å². The molecule has 0 aliphatic heterocycles. The van der Waals surface area contributed by atoms with Crippen LogP contribution in [0.2, 0.25) is 0 Å². The van der Waals surface area contributed by atoms with Crippen molar-refractivity contribution in [2.45, 2.75) is 16.5 Å². The number of aromatic nitrogens is 2. The van der Waals surface area contributed by atoms with Crippen molar-refractivity contribution in [3.05, 3.63) is 29.6 Å². The zero-order valence-corrected chi connectivity index (χ0v) is 13.1. The number of hydrogen-bond donors (Lipinski definition) is 2. The van der Waals surface area contributed by atoms with E-state index < -0.39 is 34.3 Å². The highest BCUT2D eigenvalue weighted by Gasteiger charge is 2.20. The van der Waals surface area contributed by atoms with E-state index in [9.17, 15) is 18.0 Å². The molecule has 1 atom stereocenters. The van der Waals surface area contributed by atoms with Crippen LogP contribution >= 0.6 is 23.1 Å². The maximum absolute atomic E-state index is 13.5. The third-order valence-electron chi connectivity index (χ3n) is 2.56. The molecule has 22 heavy (non-hydrogen) atoms. The van der Waals surface area contributed by atoms with Gasteiger partial charge in [0.05, 0.1) is 10.9 Å². The Morgan fingerprint density at radius 2 is 2.00 bits per heavy atom. The van der Waals surface area contributed by atoms with Gasteiger partial charge in [0, 0.05) is 7.05 Å². The van der Waals surface area contributed by atoms with E-state index in [4.69, 9.17) is 0 Å². The molecule has 2 aromatic rings. The molecule has 1 amide bonds. The van der Waals surface area contributed by atoms with Gasteiger partial charge in [-0.3, -0.25) is 4.79 Å². The summed E-state index contributed by atoms with van der Waals surface area (Å²) in [7, 11) is 1.69. The van der Waals surface area contributed by atoms with Gasteiger partial charge in [0.15, 0.2) is 21.8 Å². The lowest BCUT2D eigenvalue weighted by molar-refractivity contribution is -0.115. The molecule has 1 aromatic carbocycles. The molecule has 0 spiro atoms. The highest BCUT2D eigenvalue weighted by Crippen LogP contribution is 2.29. The number of carbonyl (C=O) groups is 1. The Bertz CT molecular complexity index is 695. The standard InChI is InChI=1S/C12H11F3N4OS2/c1-5(21-12-19-18-11(16-2)22-12)10(20)17-7-4-3-6(13)8(14)9(7)15/h3-5H,1-2H3,(H,16,18)(H,17,20)/t5-/m1/s1. The fourth-order valence-corrected chi connectivity index (χ4v) is 3.27. The third kappa shape index (κ3) is 3.69. The number of nitrogens with zero attached hydrogens (tertiary/aromatic N) is 2. The van der Waals surface area contributed by atoms with Gasteiger partial charge in [0.25, 0.3) is 0 Å². The summed E-state index contributed by atoms with van der Waals surface area (Å²) >= 11 is 2.38. The fraction of sp³-hybridized carbons (Fsp3) is 0.250. The van der Waals surface area contributed by atoms with Gasteiger partial charge in [-0.1, -0.05) is 23.1 Å². The Kier molecular flexibility index (Phi) is 5.24. The summed E-state index contributed by atoms with van der Waals surface area (Å²) in [6, 6.07) is 1.71. The Balaban J connectivity index is 2.04. The minimum Gasteiger partial charge on any atom is -0.363 e. The Morgan fingerprint density at radius 3 is 2.64 bits per heavy atom. The average Bonchev–Trinajstić information content (AvgIpc) is 2.95. The zero-order valence-electron chi connectivity index (χ0n) is 11.5. The molecule has 0 aliphatic carbocycles. The highest BCUT2D eigenvalue weighted by molar-refractivity contribution is 8.02. The number of rotatable bonds is 5. The molecule has 118 valence electrons. The number of hydrogen-bond acceptors (Lipinski definition) is 6. The number of nitrogens with one attached hydrogen (secondary N) is 2. The van der Waals surface area contributed by atoms with Crippen LogP contribution in [-0.4, -0.2) is 28.4 Å². The molecule has 0 saturated carbocycles. The first kappa shape index (κ1) is 16.6. The molecule has 10 heteroatoms. The number of carbonyl (C=O) groups excluding carboxylic acids is 1. The summed E-state index contributed by atoms with van der Waals surface area (Å²) in [6.45, 7) is 1.58. The molecule has 2 N–H and O–H groups in total. The lowest BCUT2D eigenvalue weighted by atomic mass is 10.2. The van der Waals surface area contributed by atoms with Crippen LogP contribution in [0, 0.1) is 17.5 Å². The first-order valence-corrected chi connectivity index (χ1v) is 7.74. The van der Waals surface area contributed by atoms with Gasteiger partial charge in [-0.25, -0.2) is 13.2 Å². The Labute approximate surface area is 132 Å². The molecule has 5 nitrogen and oxygen atoms in total. The van der Waals surface area contributed by atoms with Crippen molar-refractivity contribution < 1.29 is 18.0 Å². The van der Waals surface area contributed by atoms with Crippen LogP contribution in [0.25, 0.3) is 0 Å². The number of benzene rings is 1. The molecule has 1 aromatic heterocycles. The van der Waals surface area contributed by atoms with Crippen LogP contribution < -0.4 is 10.6 Å². The van der Waals surface area contributed by atoms with E-state index in [0.717, 1.165) is 23.9 Å². The summed E-state index contributed by atoms with van der Waals surface area (Å²) in [5, 5.41) is 12.7. The van der Waals surface area contributed by atoms with Crippen molar-refractivity contribution in [2.75, 3.05) is 17.7 Å². The second kappa shape index (κ2) is 6.97. The van der Waals surface area contributed by atoms with Gasteiger partial charge < -0.3 is 10.6 Å². The summed E-state index contributed by atoms with van der Waals surface area (Å²) in [6.07, 6.45) is 0. The molecule has 0 bridgehead atoms. The van der Waals surface area contributed by atoms with Crippen molar-refractivity contribution in [3.63, 3.8) is 0 Å². The normalized spacial score (nSPS) is 12.0. The number of halogens is 3. The van der Waals surface area contributed by atoms with Crippen LogP contribution in [0.5, 0.6) is 0 Å². The predicted molar refractivity (Wildman–Crippen MR) is 79.7 cm³/mol. The largest absolute Gasteiger partial charge is 0.363 e. The predicted octanol–water partition coefficient (Wildman–Crippen LogP) is 3.12. The second-order valence-corrected chi connectivity index (χ2v) is 6.66. The van der Waals surface area contributed by atoms with E-state index in [1.807, 2.05) is 0 Å². The van der Waals surface area contributed by atoms with E-state index in [-0.39, 0.29) is 0 Å². The van der Waals surface area contributed by atoms with Crippen molar-refractivity contribution in [2.24, 2.45) is 0 Å². The van der Waals surface area contributed by atoms with E-state index in [1.54, 1.807) is 14.0 Å². The van der Waals surface area contributed by atoms with Gasteiger partial charge in [-0.05, 0) is 19.1 Å². The fourth-order valence-electron chi connectivity index (χ4n) is 1.42. The third-order valence-corrected chi connectivity index (χ3v) is 4.69. The molecule has 0 saturated heterocycles. The molecule has 0 aliphatic rings. The lowest BCUT2D eigenvalue weighted by Gasteiger charge is -2.11. The summed E-state index contributed by atoms with van der Waals surface area (Å²) in [5.41, 5.74) is -0.412. The number of thioether (sulfide) groups is 1. The summed E-state index contributed by atoms with van der Waals surface area (Å²) in [5.74, 6) is -4.93. The maximum Gasteiger partial charge on any atom is 0.237 e. The molecule has 1 heterocycles. The number of amides is 1.